The highest BCUT2D eigenvalue weighted by atomic mass is 32.2. The molecule has 3 aliphatic rings. The normalized spacial score (nSPS) is 21.3. The Morgan fingerprint density at radius 2 is 1.62 bits per heavy atom. The van der Waals surface area contributed by atoms with Crippen molar-refractivity contribution in [2.24, 2.45) is 11.8 Å². The summed E-state index contributed by atoms with van der Waals surface area (Å²) in [5, 5.41) is 3.24. The summed E-state index contributed by atoms with van der Waals surface area (Å²) in [6.45, 7) is 1.24. The zero-order chi connectivity index (χ0) is 18.1. The fourth-order valence-corrected chi connectivity index (χ4v) is 5.47. The fraction of sp³-hybridized carbons (Fsp3) is 0.650. The van der Waals surface area contributed by atoms with Gasteiger partial charge in [-0.1, -0.05) is 12.1 Å². The zero-order valence-corrected chi connectivity index (χ0v) is 16.0. The summed E-state index contributed by atoms with van der Waals surface area (Å²) in [5.41, 5.74) is 1.01. The quantitative estimate of drug-likeness (QED) is 0.759. The highest BCUT2D eigenvalue weighted by Crippen LogP contribution is 2.44. The monoisotopic (exact) mass is 376 g/mol. The van der Waals surface area contributed by atoms with Gasteiger partial charge in [-0.3, -0.25) is 4.79 Å². The van der Waals surface area contributed by atoms with E-state index in [1.807, 2.05) is 12.1 Å². The van der Waals surface area contributed by atoms with Crippen LogP contribution in [0, 0.1) is 11.8 Å². The molecular formula is C20H28N2O3S. The van der Waals surface area contributed by atoms with Crippen molar-refractivity contribution < 1.29 is 13.2 Å². The lowest BCUT2D eigenvalue weighted by atomic mass is 10.1. The number of amides is 1. The van der Waals surface area contributed by atoms with Gasteiger partial charge in [-0.15, -0.1) is 0 Å². The predicted octanol–water partition coefficient (Wildman–Crippen LogP) is 2.71. The van der Waals surface area contributed by atoms with Gasteiger partial charge in [0.1, 0.15) is 0 Å². The van der Waals surface area contributed by atoms with E-state index in [2.05, 4.69) is 5.32 Å². The van der Waals surface area contributed by atoms with Gasteiger partial charge < -0.3 is 5.32 Å². The number of carbonyl (C=O) groups is 1. The molecule has 1 aromatic rings. The van der Waals surface area contributed by atoms with Gasteiger partial charge in [0.15, 0.2) is 0 Å². The van der Waals surface area contributed by atoms with Crippen molar-refractivity contribution in [1.82, 2.24) is 9.62 Å². The molecule has 0 bridgehead atoms. The summed E-state index contributed by atoms with van der Waals surface area (Å²) in [5.74, 6) is 1.55. The molecule has 0 radical (unpaired) electrons. The van der Waals surface area contributed by atoms with Crippen LogP contribution in [0.4, 0.5) is 0 Å². The highest BCUT2D eigenvalue weighted by Gasteiger charge is 2.42. The third-order valence-electron chi connectivity index (χ3n) is 5.85. The first kappa shape index (κ1) is 18.0. The molecule has 4 rings (SSSR count). The summed E-state index contributed by atoms with van der Waals surface area (Å²) < 4.78 is 26.6. The van der Waals surface area contributed by atoms with E-state index >= 15 is 0 Å². The van der Waals surface area contributed by atoms with Crippen molar-refractivity contribution in [2.45, 2.75) is 62.3 Å². The molecule has 1 aliphatic heterocycles. The van der Waals surface area contributed by atoms with E-state index < -0.39 is 10.0 Å². The van der Waals surface area contributed by atoms with E-state index in [4.69, 9.17) is 0 Å². The SMILES string of the molecule is O=C(CCc1ccc(S(=O)(=O)N2CCCC2)cc1)NC(C1CC1)C1CC1. The lowest BCUT2D eigenvalue weighted by molar-refractivity contribution is -0.122. The number of rotatable bonds is 8. The molecule has 2 saturated carbocycles. The molecule has 26 heavy (non-hydrogen) atoms. The molecule has 1 aromatic carbocycles. The number of aryl methyl sites for hydroxylation is 1. The summed E-state index contributed by atoms with van der Waals surface area (Å²) >= 11 is 0. The third kappa shape index (κ3) is 4.12. The van der Waals surface area contributed by atoms with Gasteiger partial charge >= 0.3 is 0 Å². The predicted molar refractivity (Wildman–Crippen MR) is 100 cm³/mol. The number of sulfonamides is 1. The maximum absolute atomic E-state index is 12.5. The van der Waals surface area contributed by atoms with Gasteiger partial charge in [-0.25, -0.2) is 8.42 Å². The van der Waals surface area contributed by atoms with E-state index in [1.54, 1.807) is 16.4 Å². The molecule has 0 unspecified atom stereocenters. The zero-order valence-electron chi connectivity index (χ0n) is 15.2. The Morgan fingerprint density at radius 1 is 1.04 bits per heavy atom. The van der Waals surface area contributed by atoms with Crippen molar-refractivity contribution >= 4 is 15.9 Å². The first-order valence-corrected chi connectivity index (χ1v) is 11.4. The Labute approximate surface area is 156 Å². The molecule has 142 valence electrons. The van der Waals surface area contributed by atoms with E-state index in [9.17, 15) is 13.2 Å². The topological polar surface area (TPSA) is 66.5 Å². The van der Waals surface area contributed by atoms with E-state index in [-0.39, 0.29) is 5.91 Å². The first-order chi connectivity index (χ1) is 12.5. The Bertz CT molecular complexity index is 734. The third-order valence-corrected chi connectivity index (χ3v) is 7.77. The van der Waals surface area contributed by atoms with Crippen molar-refractivity contribution in [3.63, 3.8) is 0 Å². The second-order valence-corrected chi connectivity index (χ2v) is 9.96. The molecule has 1 amide bonds. The molecular weight excluding hydrogens is 348 g/mol. The standard InChI is InChI=1S/C20H28N2O3S/c23-19(21-20(16-6-7-16)17-8-9-17)12-5-15-3-10-18(11-4-15)26(24,25)22-13-1-2-14-22/h3-4,10-11,16-17,20H,1-2,5-9,12-14H2,(H,21,23). The maximum atomic E-state index is 12.5. The molecule has 1 saturated heterocycles. The van der Waals surface area contributed by atoms with Crippen molar-refractivity contribution in [2.75, 3.05) is 13.1 Å². The summed E-state index contributed by atoms with van der Waals surface area (Å²) in [4.78, 5) is 12.6. The van der Waals surface area contributed by atoms with Crippen LogP contribution in [-0.2, 0) is 21.2 Å². The van der Waals surface area contributed by atoms with Crippen LogP contribution < -0.4 is 5.32 Å². The van der Waals surface area contributed by atoms with E-state index in [0.717, 1.165) is 18.4 Å². The van der Waals surface area contributed by atoms with Gasteiger partial charge in [0.25, 0.3) is 0 Å². The van der Waals surface area contributed by atoms with Crippen LogP contribution in [0.25, 0.3) is 0 Å². The molecule has 0 aromatic heterocycles. The van der Waals surface area contributed by atoms with Crippen LogP contribution in [0.1, 0.15) is 50.5 Å². The minimum Gasteiger partial charge on any atom is -0.353 e. The summed E-state index contributed by atoms with van der Waals surface area (Å²) in [6, 6.07) is 7.44. The largest absolute Gasteiger partial charge is 0.353 e. The van der Waals surface area contributed by atoms with Crippen LogP contribution in [0.2, 0.25) is 0 Å². The van der Waals surface area contributed by atoms with Gasteiger partial charge in [-0.2, -0.15) is 4.31 Å². The smallest absolute Gasteiger partial charge is 0.243 e. The van der Waals surface area contributed by atoms with Crippen LogP contribution in [0.3, 0.4) is 0 Å². The number of benzene rings is 1. The molecule has 0 spiro atoms. The average Bonchev–Trinajstić information content (AvgIpc) is 3.58. The Balaban J connectivity index is 1.30. The molecule has 5 nitrogen and oxygen atoms in total. The minimum absolute atomic E-state index is 0.127. The Hall–Kier alpha value is -1.40. The molecule has 2 aliphatic carbocycles. The van der Waals surface area contributed by atoms with E-state index in [1.165, 1.54) is 25.7 Å². The Morgan fingerprint density at radius 3 is 2.15 bits per heavy atom. The van der Waals surface area contributed by atoms with Gasteiger partial charge in [0, 0.05) is 25.6 Å². The van der Waals surface area contributed by atoms with Gasteiger partial charge in [-0.05, 0) is 74.5 Å². The lowest BCUT2D eigenvalue weighted by Crippen LogP contribution is -2.38. The molecule has 1 heterocycles. The number of nitrogens with one attached hydrogen (secondary N) is 1. The van der Waals surface area contributed by atoms with Crippen LogP contribution in [0.5, 0.6) is 0 Å². The lowest BCUT2D eigenvalue weighted by Gasteiger charge is -2.17. The van der Waals surface area contributed by atoms with Crippen molar-refractivity contribution in [3.05, 3.63) is 29.8 Å². The van der Waals surface area contributed by atoms with Crippen LogP contribution in [-0.4, -0.2) is 37.8 Å². The molecule has 1 N–H and O–H groups in total. The van der Waals surface area contributed by atoms with E-state index in [0.29, 0.717) is 48.7 Å². The molecule has 0 atom stereocenters. The van der Waals surface area contributed by atoms with Crippen LogP contribution >= 0.6 is 0 Å². The second-order valence-electron chi connectivity index (χ2n) is 8.02. The van der Waals surface area contributed by atoms with Crippen molar-refractivity contribution in [1.29, 1.82) is 0 Å². The average molecular weight is 377 g/mol. The number of carbonyl (C=O) groups excluding carboxylic acids is 1. The fourth-order valence-electron chi connectivity index (χ4n) is 3.95. The molecule has 6 heteroatoms. The van der Waals surface area contributed by atoms with Gasteiger partial charge in [0.2, 0.25) is 15.9 Å². The Kier molecular flexibility index (Phi) is 5.06. The minimum atomic E-state index is -3.35. The summed E-state index contributed by atoms with van der Waals surface area (Å²) in [6.07, 6.45) is 8.03. The van der Waals surface area contributed by atoms with Crippen LogP contribution in [0.15, 0.2) is 29.2 Å². The van der Waals surface area contributed by atoms with Gasteiger partial charge in [0.05, 0.1) is 4.90 Å². The second kappa shape index (κ2) is 7.31. The first-order valence-electron chi connectivity index (χ1n) is 9.92. The number of nitrogens with zero attached hydrogens (tertiary/aromatic N) is 1. The number of hydrogen-bond donors (Lipinski definition) is 1. The highest BCUT2D eigenvalue weighted by molar-refractivity contribution is 7.89. The maximum Gasteiger partial charge on any atom is 0.243 e. The van der Waals surface area contributed by atoms with Crippen molar-refractivity contribution in [3.8, 4) is 0 Å². The number of hydrogen-bond acceptors (Lipinski definition) is 3. The molecule has 3 fully saturated rings. The summed E-state index contributed by atoms with van der Waals surface area (Å²) in [7, 11) is -3.35.